The third-order valence-electron chi connectivity index (χ3n) is 3.64. The Hall–Kier alpha value is -1.95. The third-order valence-corrected chi connectivity index (χ3v) is 3.64. The van der Waals surface area contributed by atoms with Gasteiger partial charge in [-0.1, -0.05) is 18.9 Å². The highest BCUT2D eigenvalue weighted by molar-refractivity contribution is 5.92. The summed E-state index contributed by atoms with van der Waals surface area (Å²) in [6.45, 7) is 0. The molecule has 0 aromatic heterocycles. The minimum absolute atomic E-state index is 0.104. The Kier molecular flexibility index (Phi) is 3.53. The molecule has 6 heteroatoms. The van der Waals surface area contributed by atoms with E-state index in [-0.39, 0.29) is 11.3 Å². The number of nitrogens with zero attached hydrogens (tertiary/aromatic N) is 1. The molecule has 0 bridgehead atoms. The number of nitro groups is 1. The lowest BCUT2D eigenvalue weighted by Crippen LogP contribution is -2.36. The maximum absolute atomic E-state index is 11.8. The zero-order valence-electron chi connectivity index (χ0n) is 10.7. The van der Waals surface area contributed by atoms with Gasteiger partial charge in [0.1, 0.15) is 0 Å². The lowest BCUT2D eigenvalue weighted by Gasteiger charge is -2.25. The van der Waals surface area contributed by atoms with Crippen LogP contribution in [0.1, 0.15) is 41.6 Å². The number of nitro benzene ring substituents is 1. The predicted octanol–water partition coefficient (Wildman–Crippen LogP) is 2.11. The van der Waals surface area contributed by atoms with E-state index in [0.717, 1.165) is 12.8 Å². The largest absolute Gasteiger partial charge is 0.465 e. The Morgan fingerprint density at radius 3 is 2.58 bits per heavy atom. The summed E-state index contributed by atoms with van der Waals surface area (Å²) in [4.78, 5) is 22.5. The number of methoxy groups -OCH3 is 1. The van der Waals surface area contributed by atoms with Crippen LogP contribution >= 0.6 is 0 Å². The van der Waals surface area contributed by atoms with Crippen LogP contribution in [0.3, 0.4) is 0 Å². The minimum atomic E-state index is -0.812. The number of nitrogens with two attached hydrogens (primary N) is 1. The molecule has 102 valence electrons. The van der Waals surface area contributed by atoms with E-state index in [4.69, 9.17) is 10.5 Å². The molecule has 1 fully saturated rings. The molecule has 6 nitrogen and oxygen atoms in total. The number of ether oxygens (including phenoxy) is 1. The molecule has 1 aromatic carbocycles. The number of hydrogen-bond acceptors (Lipinski definition) is 5. The van der Waals surface area contributed by atoms with Gasteiger partial charge in [-0.15, -0.1) is 0 Å². The number of esters is 1. The highest BCUT2D eigenvalue weighted by Crippen LogP contribution is 2.42. The van der Waals surface area contributed by atoms with E-state index in [2.05, 4.69) is 0 Å². The van der Waals surface area contributed by atoms with E-state index < -0.39 is 16.4 Å². The Bertz CT molecular complexity index is 521. The van der Waals surface area contributed by atoms with Gasteiger partial charge in [-0.05, 0) is 18.9 Å². The first-order valence-corrected chi connectivity index (χ1v) is 6.15. The number of carbonyl (C=O) groups is 1. The summed E-state index contributed by atoms with van der Waals surface area (Å²) in [5, 5.41) is 11.2. The Morgan fingerprint density at radius 2 is 2.05 bits per heavy atom. The fraction of sp³-hybridized carbons (Fsp3) is 0.462. The van der Waals surface area contributed by atoms with Gasteiger partial charge >= 0.3 is 5.97 Å². The molecule has 19 heavy (non-hydrogen) atoms. The molecule has 0 saturated heterocycles. The molecular formula is C13H16N2O4. The van der Waals surface area contributed by atoms with Gasteiger partial charge in [-0.3, -0.25) is 10.1 Å². The second-order valence-electron chi connectivity index (χ2n) is 4.81. The number of hydrogen-bond donors (Lipinski definition) is 1. The maximum Gasteiger partial charge on any atom is 0.338 e. The monoisotopic (exact) mass is 264 g/mol. The highest BCUT2D eigenvalue weighted by Gasteiger charge is 2.40. The maximum atomic E-state index is 11.8. The SMILES string of the molecule is COC(=O)c1cccc([N+](=O)[O-])c1C1(N)CCCC1. The number of benzene rings is 1. The van der Waals surface area contributed by atoms with Gasteiger partial charge in [0.25, 0.3) is 5.69 Å². The second-order valence-corrected chi connectivity index (χ2v) is 4.81. The fourth-order valence-corrected chi connectivity index (χ4v) is 2.75. The zero-order chi connectivity index (χ0) is 14.0. The summed E-state index contributed by atoms with van der Waals surface area (Å²) < 4.78 is 4.70. The molecule has 1 aliphatic carbocycles. The summed E-state index contributed by atoms with van der Waals surface area (Å²) in [5.74, 6) is -0.588. The van der Waals surface area contributed by atoms with Crippen molar-refractivity contribution in [1.29, 1.82) is 0 Å². The fourth-order valence-electron chi connectivity index (χ4n) is 2.75. The normalized spacial score (nSPS) is 17.2. The van der Waals surface area contributed by atoms with Crippen molar-refractivity contribution in [2.24, 2.45) is 5.73 Å². The van der Waals surface area contributed by atoms with Gasteiger partial charge in [-0.2, -0.15) is 0 Å². The van der Waals surface area contributed by atoms with E-state index >= 15 is 0 Å². The average Bonchev–Trinajstić information content (AvgIpc) is 2.84. The molecule has 0 atom stereocenters. The summed E-state index contributed by atoms with van der Waals surface area (Å²) in [6, 6.07) is 4.39. The van der Waals surface area contributed by atoms with Crippen LogP contribution in [0.5, 0.6) is 0 Å². The van der Waals surface area contributed by atoms with Crippen LogP contribution in [0.4, 0.5) is 5.69 Å². The molecule has 0 radical (unpaired) electrons. The van der Waals surface area contributed by atoms with Crippen molar-refractivity contribution >= 4 is 11.7 Å². The predicted molar refractivity (Wildman–Crippen MR) is 68.8 cm³/mol. The molecule has 2 N–H and O–H groups in total. The first-order chi connectivity index (χ1) is 8.99. The molecule has 0 heterocycles. The van der Waals surface area contributed by atoms with Crippen LogP contribution < -0.4 is 5.73 Å². The van der Waals surface area contributed by atoms with Gasteiger partial charge in [0, 0.05) is 11.6 Å². The molecule has 1 saturated carbocycles. The number of carbonyl (C=O) groups excluding carboxylic acids is 1. The quantitative estimate of drug-likeness (QED) is 0.512. The van der Waals surface area contributed by atoms with Crippen LogP contribution in [0.25, 0.3) is 0 Å². The Morgan fingerprint density at radius 1 is 1.42 bits per heavy atom. The first-order valence-electron chi connectivity index (χ1n) is 6.15. The smallest absolute Gasteiger partial charge is 0.338 e. The van der Waals surface area contributed by atoms with Gasteiger partial charge in [0.05, 0.1) is 23.2 Å². The van der Waals surface area contributed by atoms with E-state index in [1.807, 2.05) is 0 Å². The van der Waals surface area contributed by atoms with Crippen molar-refractivity contribution in [3.8, 4) is 0 Å². The molecule has 2 rings (SSSR count). The summed E-state index contributed by atoms with van der Waals surface area (Å²) >= 11 is 0. The van der Waals surface area contributed by atoms with Crippen molar-refractivity contribution in [3.63, 3.8) is 0 Å². The molecular weight excluding hydrogens is 248 g/mol. The highest BCUT2D eigenvalue weighted by atomic mass is 16.6. The lowest BCUT2D eigenvalue weighted by atomic mass is 9.84. The first kappa shape index (κ1) is 13.5. The molecule has 0 aliphatic heterocycles. The van der Waals surface area contributed by atoms with E-state index in [1.54, 1.807) is 0 Å². The van der Waals surface area contributed by atoms with Crippen molar-refractivity contribution in [2.75, 3.05) is 7.11 Å². The molecule has 0 unspecified atom stereocenters. The van der Waals surface area contributed by atoms with Crippen LogP contribution in [0.2, 0.25) is 0 Å². The van der Waals surface area contributed by atoms with Crippen molar-refractivity contribution in [2.45, 2.75) is 31.2 Å². The van der Waals surface area contributed by atoms with Gasteiger partial charge < -0.3 is 10.5 Å². The van der Waals surface area contributed by atoms with Crippen molar-refractivity contribution in [1.82, 2.24) is 0 Å². The molecule has 0 spiro atoms. The van der Waals surface area contributed by atoms with Crippen molar-refractivity contribution in [3.05, 3.63) is 39.4 Å². The lowest BCUT2D eigenvalue weighted by molar-refractivity contribution is -0.386. The van der Waals surface area contributed by atoms with Crippen LogP contribution in [-0.4, -0.2) is 18.0 Å². The second kappa shape index (κ2) is 4.97. The summed E-state index contributed by atoms with van der Waals surface area (Å²) in [5.41, 5.74) is 5.89. The molecule has 1 aliphatic rings. The standard InChI is InChI=1S/C13H16N2O4/c1-19-12(16)9-5-4-6-10(15(17)18)11(9)13(14)7-2-3-8-13/h4-6H,2-3,7-8,14H2,1H3. The minimum Gasteiger partial charge on any atom is -0.465 e. The van der Waals surface area contributed by atoms with E-state index in [0.29, 0.717) is 18.4 Å². The zero-order valence-corrected chi connectivity index (χ0v) is 10.7. The molecule has 0 amide bonds. The summed E-state index contributed by atoms with van der Waals surface area (Å²) in [6.07, 6.45) is 3.09. The topological polar surface area (TPSA) is 95.5 Å². The summed E-state index contributed by atoms with van der Waals surface area (Å²) in [7, 11) is 1.25. The Balaban J connectivity index is 2.65. The van der Waals surface area contributed by atoms with Gasteiger partial charge in [-0.25, -0.2) is 4.79 Å². The average molecular weight is 264 g/mol. The Labute approximate surface area is 110 Å². The van der Waals surface area contributed by atoms with Gasteiger partial charge in [0.15, 0.2) is 0 Å². The van der Waals surface area contributed by atoms with E-state index in [1.165, 1.54) is 25.3 Å². The van der Waals surface area contributed by atoms with Crippen LogP contribution in [-0.2, 0) is 10.3 Å². The van der Waals surface area contributed by atoms with Gasteiger partial charge in [0.2, 0.25) is 0 Å². The third kappa shape index (κ3) is 2.31. The molecule has 1 aromatic rings. The van der Waals surface area contributed by atoms with E-state index in [9.17, 15) is 14.9 Å². The van der Waals surface area contributed by atoms with Crippen LogP contribution in [0, 0.1) is 10.1 Å². The van der Waals surface area contributed by atoms with Crippen LogP contribution in [0.15, 0.2) is 18.2 Å². The number of rotatable bonds is 3. The van der Waals surface area contributed by atoms with Crippen molar-refractivity contribution < 1.29 is 14.5 Å².